The van der Waals surface area contributed by atoms with Crippen molar-refractivity contribution in [3.05, 3.63) is 0 Å². The quantitative estimate of drug-likeness (QED) is 0.786. The fraction of sp³-hybridized carbons (Fsp3) is 1.00. The molecule has 2 bridgehead atoms. The Morgan fingerprint density at radius 2 is 1.25 bits per heavy atom. The zero-order valence-corrected chi connectivity index (χ0v) is 15.0. The summed E-state index contributed by atoms with van der Waals surface area (Å²) in [4.78, 5) is 2.56. The minimum absolute atomic E-state index is 0.220. The highest BCUT2D eigenvalue weighted by molar-refractivity contribution is 7.50. The second-order valence-corrected chi connectivity index (χ2v) is 7.66. The third-order valence-corrected chi connectivity index (χ3v) is 6.08. The number of fused-ring (bicyclic) bond motifs is 3. The van der Waals surface area contributed by atoms with Gasteiger partial charge in [0.15, 0.2) is 0 Å². The summed E-state index contributed by atoms with van der Waals surface area (Å²) in [5.41, 5.74) is 0. The zero-order chi connectivity index (χ0) is 14.8. The maximum Gasteiger partial charge on any atom is 0.118 e. The van der Waals surface area contributed by atoms with E-state index in [-0.39, 0.29) is 8.37 Å². The van der Waals surface area contributed by atoms with Gasteiger partial charge in [0.2, 0.25) is 0 Å². The van der Waals surface area contributed by atoms with Gasteiger partial charge in [0.1, 0.15) is 8.37 Å². The lowest BCUT2D eigenvalue weighted by Crippen LogP contribution is -2.39. The predicted molar refractivity (Wildman–Crippen MR) is 90.8 cm³/mol. The Kier molecular flexibility index (Phi) is 10.0. The molecule has 0 aromatic carbocycles. The molecular weight excluding hydrogens is 267 g/mol. The average molecular weight is 302 g/mol. The van der Waals surface area contributed by atoms with E-state index in [0.29, 0.717) is 0 Å². The summed E-state index contributed by atoms with van der Waals surface area (Å²) in [6.07, 6.45) is 5.17. The fourth-order valence-corrected chi connectivity index (χ4v) is 4.87. The molecule has 0 aromatic heterocycles. The summed E-state index contributed by atoms with van der Waals surface area (Å²) in [7, 11) is -0.220. The van der Waals surface area contributed by atoms with Crippen molar-refractivity contribution in [2.45, 2.75) is 53.4 Å². The van der Waals surface area contributed by atoms with Gasteiger partial charge in [-0.05, 0) is 12.8 Å². The molecule has 2 fully saturated rings. The van der Waals surface area contributed by atoms with E-state index >= 15 is 0 Å². The Morgan fingerprint density at radius 1 is 0.750 bits per heavy atom. The first-order valence-corrected chi connectivity index (χ1v) is 9.77. The second kappa shape index (κ2) is 10.9. The minimum Gasteiger partial charge on any atom is -0.288 e. The molecule has 4 nitrogen and oxygen atoms in total. The number of rotatable bonds is 5. The number of nitrogens with zero attached hydrogens (tertiary/aromatic N) is 3. The van der Waals surface area contributed by atoms with Crippen LogP contribution in [0.25, 0.3) is 0 Å². The molecule has 0 radical (unpaired) electrons. The first kappa shape index (κ1) is 18.3. The molecule has 0 spiro atoms. The van der Waals surface area contributed by atoms with Gasteiger partial charge in [-0.25, -0.2) is 0 Å². The van der Waals surface area contributed by atoms with Crippen molar-refractivity contribution in [3.63, 3.8) is 0 Å². The van der Waals surface area contributed by atoms with Crippen LogP contribution in [0.1, 0.15) is 53.4 Å². The Morgan fingerprint density at radius 3 is 1.65 bits per heavy atom. The highest BCUT2D eigenvalue weighted by Crippen LogP contribution is 2.42. The van der Waals surface area contributed by atoms with Crippen LogP contribution in [0.3, 0.4) is 0 Å². The summed E-state index contributed by atoms with van der Waals surface area (Å²) in [6, 6.07) is 0. The summed E-state index contributed by atoms with van der Waals surface area (Å²) in [5.74, 6) is 0. The Hall–Kier alpha value is 0.270. The molecule has 0 saturated carbocycles. The number of nitrogens with one attached hydrogen (secondary N) is 1. The van der Waals surface area contributed by atoms with Crippen molar-refractivity contribution in [2.75, 3.05) is 45.9 Å². The van der Waals surface area contributed by atoms with Crippen molar-refractivity contribution in [1.82, 2.24) is 19.3 Å². The average Bonchev–Trinajstić information content (AvgIpc) is 2.78. The largest absolute Gasteiger partial charge is 0.288 e. The van der Waals surface area contributed by atoms with E-state index in [2.05, 4.69) is 47.0 Å². The highest BCUT2D eigenvalue weighted by atomic mass is 31.1. The van der Waals surface area contributed by atoms with Crippen LogP contribution in [-0.2, 0) is 0 Å². The lowest BCUT2D eigenvalue weighted by Gasteiger charge is -2.38. The molecule has 2 saturated heterocycles. The van der Waals surface area contributed by atoms with Gasteiger partial charge in [-0.15, -0.1) is 0 Å². The SMILES string of the molecule is CCCC.CCCN1CCN2CCN(CCC)P1NC2. The van der Waals surface area contributed by atoms with Crippen molar-refractivity contribution in [2.24, 2.45) is 0 Å². The van der Waals surface area contributed by atoms with Crippen molar-refractivity contribution in [3.8, 4) is 0 Å². The molecule has 2 rings (SSSR count). The van der Waals surface area contributed by atoms with Gasteiger partial charge in [0, 0.05) is 39.3 Å². The second-order valence-electron chi connectivity index (χ2n) is 5.63. The van der Waals surface area contributed by atoms with Gasteiger partial charge >= 0.3 is 0 Å². The molecule has 0 unspecified atom stereocenters. The molecule has 2 aliphatic rings. The van der Waals surface area contributed by atoms with Crippen LogP contribution in [0, 0.1) is 0 Å². The summed E-state index contributed by atoms with van der Waals surface area (Å²) < 4.78 is 5.34. The van der Waals surface area contributed by atoms with Crippen LogP contribution in [0.2, 0.25) is 0 Å². The third-order valence-electron chi connectivity index (χ3n) is 3.78. The maximum atomic E-state index is 3.76. The van der Waals surface area contributed by atoms with Crippen LogP contribution in [-0.4, -0.2) is 60.2 Å². The van der Waals surface area contributed by atoms with Gasteiger partial charge in [-0.3, -0.25) is 19.3 Å². The minimum atomic E-state index is -0.220. The molecule has 0 aliphatic carbocycles. The van der Waals surface area contributed by atoms with Gasteiger partial charge in [-0.2, -0.15) is 0 Å². The lowest BCUT2D eigenvalue weighted by molar-refractivity contribution is 0.239. The van der Waals surface area contributed by atoms with E-state index in [1.807, 2.05) is 0 Å². The molecule has 2 heterocycles. The number of unbranched alkanes of at least 4 members (excludes halogenated alkanes) is 1. The third kappa shape index (κ3) is 5.95. The Labute approximate surface area is 127 Å². The van der Waals surface area contributed by atoms with Gasteiger partial charge in [0.05, 0.1) is 6.67 Å². The van der Waals surface area contributed by atoms with Crippen LogP contribution in [0.4, 0.5) is 0 Å². The molecule has 0 amide bonds. The number of hydrogen-bond donors (Lipinski definition) is 1. The van der Waals surface area contributed by atoms with Crippen LogP contribution < -0.4 is 5.09 Å². The Bertz CT molecular complexity index is 220. The summed E-state index contributed by atoms with van der Waals surface area (Å²) in [6.45, 7) is 17.5. The first-order chi connectivity index (χ1) is 9.76. The van der Waals surface area contributed by atoms with E-state index < -0.39 is 0 Å². The van der Waals surface area contributed by atoms with Crippen LogP contribution in [0.5, 0.6) is 0 Å². The van der Waals surface area contributed by atoms with E-state index in [1.165, 1.54) is 65.0 Å². The van der Waals surface area contributed by atoms with Crippen molar-refractivity contribution in [1.29, 1.82) is 0 Å². The van der Waals surface area contributed by atoms with Crippen molar-refractivity contribution >= 4 is 8.37 Å². The molecule has 20 heavy (non-hydrogen) atoms. The fourth-order valence-electron chi connectivity index (χ4n) is 2.44. The smallest absolute Gasteiger partial charge is 0.118 e. The van der Waals surface area contributed by atoms with Gasteiger partial charge in [0.25, 0.3) is 0 Å². The molecule has 0 atom stereocenters. The molecule has 1 N–H and O–H groups in total. The molecule has 5 heteroatoms. The van der Waals surface area contributed by atoms with Gasteiger partial charge < -0.3 is 0 Å². The van der Waals surface area contributed by atoms with Crippen LogP contribution in [0.15, 0.2) is 0 Å². The molecular formula is C15H35N4P. The molecule has 120 valence electrons. The van der Waals surface area contributed by atoms with Crippen LogP contribution >= 0.6 is 8.37 Å². The lowest BCUT2D eigenvalue weighted by atomic mass is 10.4. The predicted octanol–water partition coefficient (Wildman–Crippen LogP) is 3.32. The normalized spacial score (nSPS) is 27.6. The maximum absolute atomic E-state index is 3.76. The Balaban J connectivity index is 0.000000444. The van der Waals surface area contributed by atoms with E-state index in [1.54, 1.807) is 0 Å². The topological polar surface area (TPSA) is 21.8 Å². The first-order valence-electron chi connectivity index (χ1n) is 8.52. The summed E-state index contributed by atoms with van der Waals surface area (Å²) in [5, 5.41) is 3.76. The summed E-state index contributed by atoms with van der Waals surface area (Å²) >= 11 is 0. The molecule has 0 aromatic rings. The van der Waals surface area contributed by atoms with E-state index in [9.17, 15) is 0 Å². The standard InChI is InChI=1S/C11H25N4P.C4H10/c1-3-5-14-9-7-13-8-10-15(6-4-2)16(14)12-11-13;1-3-4-2/h12H,3-11H2,1-2H3;3-4H2,1-2H3. The van der Waals surface area contributed by atoms with E-state index in [4.69, 9.17) is 0 Å². The monoisotopic (exact) mass is 302 g/mol. The molecule has 2 aliphatic heterocycles. The van der Waals surface area contributed by atoms with E-state index in [0.717, 1.165) is 6.67 Å². The van der Waals surface area contributed by atoms with Crippen molar-refractivity contribution < 1.29 is 0 Å². The highest BCUT2D eigenvalue weighted by Gasteiger charge is 2.31. The number of hydrogen-bond acceptors (Lipinski definition) is 4. The van der Waals surface area contributed by atoms with Gasteiger partial charge in [-0.1, -0.05) is 40.5 Å². The zero-order valence-electron chi connectivity index (χ0n) is 14.1.